The highest BCUT2D eigenvalue weighted by atomic mass is 19.1. The third kappa shape index (κ3) is 1.20. The third-order valence-electron chi connectivity index (χ3n) is 2.84. The highest BCUT2D eigenvalue weighted by Gasteiger charge is 2.52. The van der Waals surface area contributed by atoms with Gasteiger partial charge in [0.25, 0.3) is 0 Å². The van der Waals surface area contributed by atoms with Crippen LogP contribution >= 0.6 is 0 Å². The number of rotatable bonds is 3. The fourth-order valence-corrected chi connectivity index (χ4v) is 1.83. The SMILES string of the molecule is O=C(O)C1(c2ccccc2CF)CC1. The van der Waals surface area contributed by atoms with Crippen LogP contribution in [0.3, 0.4) is 0 Å². The molecule has 1 saturated carbocycles. The molecule has 1 aromatic carbocycles. The molecule has 0 saturated heterocycles. The van der Waals surface area contributed by atoms with E-state index in [1.807, 2.05) is 0 Å². The highest BCUT2D eigenvalue weighted by Crippen LogP contribution is 2.49. The summed E-state index contributed by atoms with van der Waals surface area (Å²) in [7, 11) is 0. The second-order valence-electron chi connectivity index (χ2n) is 3.68. The van der Waals surface area contributed by atoms with Gasteiger partial charge in [-0.2, -0.15) is 0 Å². The zero-order chi connectivity index (χ0) is 10.2. The first kappa shape index (κ1) is 9.19. The summed E-state index contributed by atoms with van der Waals surface area (Å²) in [6.07, 6.45) is 1.25. The van der Waals surface area contributed by atoms with Gasteiger partial charge >= 0.3 is 5.97 Å². The number of hydrogen-bond donors (Lipinski definition) is 1. The van der Waals surface area contributed by atoms with Gasteiger partial charge in [-0.05, 0) is 24.0 Å². The Morgan fingerprint density at radius 1 is 1.43 bits per heavy atom. The molecule has 0 heterocycles. The number of benzene rings is 1. The molecule has 1 aliphatic rings. The van der Waals surface area contributed by atoms with Gasteiger partial charge in [0.1, 0.15) is 6.67 Å². The van der Waals surface area contributed by atoms with Gasteiger partial charge in [0, 0.05) is 0 Å². The fourth-order valence-electron chi connectivity index (χ4n) is 1.83. The number of carbonyl (C=O) groups is 1. The van der Waals surface area contributed by atoms with E-state index in [0.717, 1.165) is 0 Å². The molecule has 14 heavy (non-hydrogen) atoms. The first-order valence-electron chi connectivity index (χ1n) is 4.58. The quantitative estimate of drug-likeness (QED) is 0.801. The number of alkyl halides is 1. The molecule has 0 aromatic heterocycles. The second kappa shape index (κ2) is 3.08. The molecule has 0 radical (unpaired) electrons. The average Bonchev–Trinajstić information content (AvgIpc) is 2.98. The highest BCUT2D eigenvalue weighted by molar-refractivity contribution is 5.85. The summed E-state index contributed by atoms with van der Waals surface area (Å²) in [6, 6.07) is 6.86. The van der Waals surface area contributed by atoms with Crippen molar-refractivity contribution < 1.29 is 14.3 Å². The maximum absolute atomic E-state index is 12.6. The summed E-state index contributed by atoms with van der Waals surface area (Å²) >= 11 is 0. The van der Waals surface area contributed by atoms with E-state index >= 15 is 0 Å². The first-order valence-corrected chi connectivity index (χ1v) is 4.58. The molecule has 1 aliphatic carbocycles. The third-order valence-corrected chi connectivity index (χ3v) is 2.84. The van der Waals surface area contributed by atoms with Crippen LogP contribution in [0.5, 0.6) is 0 Å². The van der Waals surface area contributed by atoms with Gasteiger partial charge < -0.3 is 5.11 Å². The molecule has 0 unspecified atom stereocenters. The predicted octanol–water partition coefficient (Wildman–Crippen LogP) is 2.27. The van der Waals surface area contributed by atoms with Crippen LogP contribution in [0.15, 0.2) is 24.3 Å². The van der Waals surface area contributed by atoms with E-state index in [9.17, 15) is 9.18 Å². The Hall–Kier alpha value is -1.38. The Balaban J connectivity index is 2.46. The van der Waals surface area contributed by atoms with Crippen molar-refractivity contribution in [3.8, 4) is 0 Å². The van der Waals surface area contributed by atoms with Crippen LogP contribution in [-0.4, -0.2) is 11.1 Å². The van der Waals surface area contributed by atoms with Crippen molar-refractivity contribution in [3.63, 3.8) is 0 Å². The lowest BCUT2D eigenvalue weighted by atomic mass is 9.92. The number of carboxylic acids is 1. The number of hydrogen-bond acceptors (Lipinski definition) is 1. The van der Waals surface area contributed by atoms with Crippen LogP contribution in [-0.2, 0) is 16.9 Å². The molecule has 0 atom stereocenters. The molecule has 0 aliphatic heterocycles. The Morgan fingerprint density at radius 3 is 2.57 bits per heavy atom. The molecule has 0 bridgehead atoms. The van der Waals surface area contributed by atoms with Crippen molar-refractivity contribution in [2.75, 3.05) is 0 Å². The van der Waals surface area contributed by atoms with Crippen molar-refractivity contribution >= 4 is 5.97 Å². The molecular formula is C11H11FO2. The summed E-state index contributed by atoms with van der Waals surface area (Å²) in [6.45, 7) is -0.592. The molecular weight excluding hydrogens is 183 g/mol. The summed E-state index contributed by atoms with van der Waals surface area (Å²) < 4.78 is 12.6. The summed E-state index contributed by atoms with van der Waals surface area (Å²) in [4.78, 5) is 11.0. The summed E-state index contributed by atoms with van der Waals surface area (Å²) in [5, 5.41) is 9.05. The molecule has 1 aromatic rings. The molecule has 0 spiro atoms. The van der Waals surface area contributed by atoms with Gasteiger partial charge in [-0.1, -0.05) is 24.3 Å². The van der Waals surface area contributed by atoms with Gasteiger partial charge in [-0.25, -0.2) is 4.39 Å². The first-order chi connectivity index (χ1) is 6.70. The minimum atomic E-state index is -0.835. The van der Waals surface area contributed by atoms with Gasteiger partial charge in [-0.3, -0.25) is 4.79 Å². The van der Waals surface area contributed by atoms with Gasteiger partial charge in [0.05, 0.1) is 5.41 Å². The average molecular weight is 194 g/mol. The van der Waals surface area contributed by atoms with Gasteiger partial charge in [-0.15, -0.1) is 0 Å². The predicted molar refractivity (Wildman–Crippen MR) is 49.8 cm³/mol. The second-order valence-corrected chi connectivity index (χ2v) is 3.68. The maximum atomic E-state index is 12.6. The van der Waals surface area contributed by atoms with Crippen LogP contribution < -0.4 is 0 Å². The molecule has 2 rings (SSSR count). The molecule has 1 N–H and O–H groups in total. The molecule has 1 fully saturated rings. The van der Waals surface area contributed by atoms with Crippen LogP contribution in [0.4, 0.5) is 4.39 Å². The fraction of sp³-hybridized carbons (Fsp3) is 0.364. The van der Waals surface area contributed by atoms with E-state index in [4.69, 9.17) is 5.11 Å². The summed E-state index contributed by atoms with van der Waals surface area (Å²) in [5.41, 5.74) is 0.366. The lowest BCUT2D eigenvalue weighted by molar-refractivity contribution is -0.140. The molecule has 74 valence electrons. The van der Waals surface area contributed by atoms with Crippen LogP contribution in [0.1, 0.15) is 24.0 Å². The standard InChI is InChI=1S/C11H11FO2/c12-7-8-3-1-2-4-9(8)11(5-6-11)10(13)14/h1-4H,5-7H2,(H,13,14). The van der Waals surface area contributed by atoms with E-state index in [2.05, 4.69) is 0 Å². The number of halogens is 1. The van der Waals surface area contributed by atoms with E-state index in [1.54, 1.807) is 24.3 Å². The minimum absolute atomic E-state index is 0.507. The van der Waals surface area contributed by atoms with Crippen molar-refractivity contribution in [2.45, 2.75) is 24.9 Å². The van der Waals surface area contributed by atoms with Crippen LogP contribution in [0.2, 0.25) is 0 Å². The topological polar surface area (TPSA) is 37.3 Å². The van der Waals surface area contributed by atoms with E-state index in [-0.39, 0.29) is 0 Å². The lowest BCUT2D eigenvalue weighted by Gasteiger charge is -2.13. The smallest absolute Gasteiger partial charge is 0.314 e. The van der Waals surface area contributed by atoms with Crippen molar-refractivity contribution in [1.82, 2.24) is 0 Å². The summed E-state index contributed by atoms with van der Waals surface area (Å²) in [5.74, 6) is -0.835. The lowest BCUT2D eigenvalue weighted by Crippen LogP contribution is -2.20. The largest absolute Gasteiger partial charge is 0.481 e. The van der Waals surface area contributed by atoms with E-state index in [0.29, 0.717) is 24.0 Å². The zero-order valence-corrected chi connectivity index (χ0v) is 7.66. The normalized spacial score (nSPS) is 17.8. The monoisotopic (exact) mass is 194 g/mol. The van der Waals surface area contributed by atoms with Crippen molar-refractivity contribution in [3.05, 3.63) is 35.4 Å². The Morgan fingerprint density at radius 2 is 2.07 bits per heavy atom. The number of aliphatic carboxylic acids is 1. The van der Waals surface area contributed by atoms with Crippen molar-refractivity contribution in [1.29, 1.82) is 0 Å². The Kier molecular flexibility index (Phi) is 2.02. The minimum Gasteiger partial charge on any atom is -0.481 e. The molecule has 3 heteroatoms. The maximum Gasteiger partial charge on any atom is 0.314 e. The zero-order valence-electron chi connectivity index (χ0n) is 7.66. The molecule has 2 nitrogen and oxygen atoms in total. The van der Waals surface area contributed by atoms with E-state index in [1.165, 1.54) is 0 Å². The van der Waals surface area contributed by atoms with Crippen LogP contribution in [0.25, 0.3) is 0 Å². The van der Waals surface area contributed by atoms with Gasteiger partial charge in [0.15, 0.2) is 0 Å². The van der Waals surface area contributed by atoms with E-state index < -0.39 is 18.1 Å². The molecule has 0 amide bonds. The Bertz CT molecular complexity index is 369. The number of carboxylic acid groups (broad SMARTS) is 1. The van der Waals surface area contributed by atoms with Crippen molar-refractivity contribution in [2.24, 2.45) is 0 Å². The Labute approximate surface area is 81.4 Å². The van der Waals surface area contributed by atoms with Crippen LogP contribution in [0, 0.1) is 0 Å². The van der Waals surface area contributed by atoms with Gasteiger partial charge in [0.2, 0.25) is 0 Å².